The Morgan fingerprint density at radius 1 is 1.16 bits per heavy atom. The quantitative estimate of drug-likeness (QED) is 0.694. The number of hydrogen-bond donors (Lipinski definition) is 1. The summed E-state index contributed by atoms with van der Waals surface area (Å²) in [5.41, 5.74) is 0. The van der Waals surface area contributed by atoms with Crippen LogP contribution in [0.4, 0.5) is 0 Å². The van der Waals surface area contributed by atoms with Gasteiger partial charge in [0, 0.05) is 28.9 Å². The molecule has 2 heterocycles. The van der Waals surface area contributed by atoms with Crippen molar-refractivity contribution in [1.29, 1.82) is 0 Å². The molecular formula is C17H16N2O4S2. The largest absolute Gasteiger partial charge is 0.451 e. The lowest BCUT2D eigenvalue weighted by Crippen LogP contribution is -2.39. The van der Waals surface area contributed by atoms with Gasteiger partial charge in [-0.2, -0.15) is 0 Å². The van der Waals surface area contributed by atoms with Crippen LogP contribution in [0.3, 0.4) is 0 Å². The Hall–Kier alpha value is -2.45. The van der Waals surface area contributed by atoms with E-state index in [2.05, 4.69) is 5.32 Å². The molecule has 2 amide bonds. The molecule has 3 aromatic rings. The van der Waals surface area contributed by atoms with Crippen molar-refractivity contribution in [3.8, 4) is 0 Å². The van der Waals surface area contributed by atoms with Gasteiger partial charge in [-0.25, -0.2) is 4.79 Å². The number of amides is 2. The number of ether oxygens (including phenoxy) is 1. The van der Waals surface area contributed by atoms with Gasteiger partial charge >= 0.3 is 5.97 Å². The Bertz CT molecular complexity index is 960. The molecule has 0 aliphatic carbocycles. The van der Waals surface area contributed by atoms with Crippen LogP contribution in [-0.2, 0) is 14.3 Å². The van der Waals surface area contributed by atoms with E-state index in [-0.39, 0.29) is 12.5 Å². The van der Waals surface area contributed by atoms with Crippen molar-refractivity contribution in [2.75, 3.05) is 27.2 Å². The second-order valence-corrected chi connectivity index (χ2v) is 7.54. The van der Waals surface area contributed by atoms with E-state index in [4.69, 9.17) is 4.74 Å². The molecule has 6 nitrogen and oxygen atoms in total. The zero-order valence-electron chi connectivity index (χ0n) is 13.7. The van der Waals surface area contributed by atoms with Crippen LogP contribution in [-0.4, -0.2) is 49.9 Å². The van der Waals surface area contributed by atoms with Crippen LogP contribution < -0.4 is 5.32 Å². The van der Waals surface area contributed by atoms with Gasteiger partial charge in [0.15, 0.2) is 6.61 Å². The third kappa shape index (κ3) is 3.64. The van der Waals surface area contributed by atoms with Crippen molar-refractivity contribution in [3.05, 3.63) is 35.2 Å². The molecule has 0 bridgehead atoms. The summed E-state index contributed by atoms with van der Waals surface area (Å²) >= 11 is 2.98. The lowest BCUT2D eigenvalue weighted by molar-refractivity contribution is -0.137. The van der Waals surface area contributed by atoms with Crippen LogP contribution >= 0.6 is 22.7 Å². The average molecular weight is 376 g/mol. The second kappa shape index (κ2) is 7.20. The van der Waals surface area contributed by atoms with E-state index in [0.29, 0.717) is 4.88 Å². The molecule has 0 fully saturated rings. The van der Waals surface area contributed by atoms with E-state index >= 15 is 0 Å². The maximum atomic E-state index is 12.2. The molecule has 0 saturated carbocycles. The lowest BCUT2D eigenvalue weighted by Gasteiger charge is -2.15. The summed E-state index contributed by atoms with van der Waals surface area (Å²) in [6.07, 6.45) is 0. The standard InChI is InChI=1S/C17H16N2O4S2/c1-18-14(20)8-19(2)15(21)9-23-17(22)13-7-12-16(25-13)10-5-3-4-6-11(10)24-12/h3-7H,8-9H2,1-2H3,(H,18,20). The van der Waals surface area contributed by atoms with Gasteiger partial charge in [-0.05, 0) is 12.1 Å². The minimum Gasteiger partial charge on any atom is -0.451 e. The van der Waals surface area contributed by atoms with Gasteiger partial charge in [-0.15, -0.1) is 22.7 Å². The molecule has 3 rings (SSSR count). The first kappa shape index (κ1) is 17.4. The zero-order chi connectivity index (χ0) is 18.0. The molecule has 1 aromatic carbocycles. The predicted molar refractivity (Wildman–Crippen MR) is 99.2 cm³/mol. The van der Waals surface area contributed by atoms with Crippen molar-refractivity contribution in [1.82, 2.24) is 10.2 Å². The Balaban J connectivity index is 1.66. The number of likely N-dealkylation sites (N-methyl/N-ethyl adjacent to an activating group) is 2. The van der Waals surface area contributed by atoms with Gasteiger partial charge in [0.2, 0.25) is 5.91 Å². The van der Waals surface area contributed by atoms with Crippen molar-refractivity contribution in [2.24, 2.45) is 0 Å². The molecule has 25 heavy (non-hydrogen) atoms. The van der Waals surface area contributed by atoms with Gasteiger partial charge in [-0.1, -0.05) is 18.2 Å². The molecule has 0 spiro atoms. The van der Waals surface area contributed by atoms with E-state index in [1.807, 2.05) is 24.3 Å². The molecule has 2 aromatic heterocycles. The van der Waals surface area contributed by atoms with Crippen molar-refractivity contribution in [3.63, 3.8) is 0 Å². The fourth-order valence-corrected chi connectivity index (χ4v) is 4.71. The summed E-state index contributed by atoms with van der Waals surface area (Å²) in [6, 6.07) is 9.82. The van der Waals surface area contributed by atoms with Crippen molar-refractivity contribution >= 4 is 59.9 Å². The van der Waals surface area contributed by atoms with E-state index in [9.17, 15) is 14.4 Å². The number of carbonyl (C=O) groups is 3. The average Bonchev–Trinajstić information content (AvgIpc) is 3.17. The number of carbonyl (C=O) groups excluding carboxylic acids is 3. The smallest absolute Gasteiger partial charge is 0.348 e. The zero-order valence-corrected chi connectivity index (χ0v) is 15.3. The van der Waals surface area contributed by atoms with Crippen LogP contribution in [0.15, 0.2) is 30.3 Å². The minimum atomic E-state index is -0.529. The van der Waals surface area contributed by atoms with Gasteiger partial charge in [0.25, 0.3) is 5.91 Å². The summed E-state index contributed by atoms with van der Waals surface area (Å²) < 4.78 is 8.35. The summed E-state index contributed by atoms with van der Waals surface area (Å²) in [5.74, 6) is -1.24. The molecule has 1 N–H and O–H groups in total. The summed E-state index contributed by atoms with van der Waals surface area (Å²) in [6.45, 7) is -0.466. The molecule has 0 aliphatic rings. The van der Waals surface area contributed by atoms with Gasteiger partial charge in [-0.3, -0.25) is 9.59 Å². The third-order valence-corrected chi connectivity index (χ3v) is 6.06. The Morgan fingerprint density at radius 2 is 1.92 bits per heavy atom. The fourth-order valence-electron chi connectivity index (χ4n) is 2.29. The van der Waals surface area contributed by atoms with E-state index < -0.39 is 18.5 Å². The summed E-state index contributed by atoms with van der Waals surface area (Å²) in [5, 5.41) is 3.55. The van der Waals surface area contributed by atoms with E-state index in [1.165, 1.54) is 35.0 Å². The molecule has 0 saturated heterocycles. The first-order valence-electron chi connectivity index (χ1n) is 7.52. The molecule has 0 unspecified atom stereocenters. The van der Waals surface area contributed by atoms with Crippen molar-refractivity contribution in [2.45, 2.75) is 0 Å². The number of esters is 1. The first-order valence-corrected chi connectivity index (χ1v) is 9.15. The molecule has 0 radical (unpaired) electrons. The second-order valence-electron chi connectivity index (χ2n) is 5.40. The van der Waals surface area contributed by atoms with Crippen LogP contribution in [0.5, 0.6) is 0 Å². The molecule has 130 valence electrons. The van der Waals surface area contributed by atoms with E-state index in [1.54, 1.807) is 17.4 Å². The molecule has 0 atom stereocenters. The summed E-state index contributed by atoms with van der Waals surface area (Å²) in [7, 11) is 2.98. The highest BCUT2D eigenvalue weighted by molar-refractivity contribution is 7.33. The predicted octanol–water partition coefficient (Wildman–Crippen LogP) is 2.48. The highest BCUT2D eigenvalue weighted by Crippen LogP contribution is 2.39. The Morgan fingerprint density at radius 3 is 2.68 bits per heavy atom. The number of hydrogen-bond acceptors (Lipinski definition) is 6. The SMILES string of the molecule is CNC(=O)CN(C)C(=O)COC(=O)c1cc2sc3ccccc3c2s1. The highest BCUT2D eigenvalue weighted by Gasteiger charge is 2.18. The maximum absolute atomic E-state index is 12.2. The van der Waals surface area contributed by atoms with E-state index in [0.717, 1.165) is 14.8 Å². The van der Waals surface area contributed by atoms with Gasteiger partial charge in [0.1, 0.15) is 4.88 Å². The van der Waals surface area contributed by atoms with Crippen LogP contribution in [0.2, 0.25) is 0 Å². The number of fused-ring (bicyclic) bond motifs is 3. The Labute approximate surface area is 152 Å². The topological polar surface area (TPSA) is 75.7 Å². The van der Waals surface area contributed by atoms with Gasteiger partial charge in [0.05, 0.1) is 11.2 Å². The fraction of sp³-hybridized carbons (Fsp3) is 0.235. The molecule has 8 heteroatoms. The normalized spacial score (nSPS) is 10.8. The lowest BCUT2D eigenvalue weighted by atomic mass is 10.2. The number of nitrogens with one attached hydrogen (secondary N) is 1. The Kier molecular flexibility index (Phi) is 5.00. The van der Waals surface area contributed by atoms with Crippen LogP contribution in [0, 0.1) is 0 Å². The number of nitrogens with zero attached hydrogens (tertiary/aromatic N) is 1. The summed E-state index contributed by atoms with van der Waals surface area (Å²) in [4.78, 5) is 37.0. The number of thiophene rings is 2. The van der Waals surface area contributed by atoms with Gasteiger partial charge < -0.3 is 15.0 Å². The number of benzene rings is 1. The molecular weight excluding hydrogens is 360 g/mol. The van der Waals surface area contributed by atoms with Crippen LogP contribution in [0.1, 0.15) is 9.67 Å². The number of rotatable bonds is 5. The highest BCUT2D eigenvalue weighted by atomic mass is 32.1. The minimum absolute atomic E-state index is 0.0758. The first-order chi connectivity index (χ1) is 12.0. The van der Waals surface area contributed by atoms with Crippen LogP contribution in [0.25, 0.3) is 19.5 Å². The molecule has 0 aliphatic heterocycles. The maximum Gasteiger partial charge on any atom is 0.348 e. The third-order valence-electron chi connectivity index (χ3n) is 3.66. The van der Waals surface area contributed by atoms with Crippen molar-refractivity contribution < 1.29 is 19.1 Å². The monoisotopic (exact) mass is 376 g/mol.